The van der Waals surface area contributed by atoms with Crippen molar-refractivity contribution >= 4 is 11.5 Å². The van der Waals surface area contributed by atoms with Gasteiger partial charge in [0.25, 0.3) is 0 Å². The lowest BCUT2D eigenvalue weighted by atomic mass is 9.86. The van der Waals surface area contributed by atoms with E-state index in [1.807, 2.05) is 19.9 Å². The molecule has 3 nitrogen and oxygen atoms in total. The van der Waals surface area contributed by atoms with Gasteiger partial charge in [0.15, 0.2) is 10.8 Å². The van der Waals surface area contributed by atoms with Crippen LogP contribution in [0.1, 0.15) is 36.2 Å². The maximum Gasteiger partial charge on any atom is 0.385 e. The van der Waals surface area contributed by atoms with Crippen LogP contribution in [-0.4, -0.2) is 5.78 Å². The SMILES string of the molecule is CC1(C)CC(=O)c2cc([N+]#N)ccc21. The molecule has 2 rings (SSSR count). The summed E-state index contributed by atoms with van der Waals surface area (Å²) in [7, 11) is 0. The van der Waals surface area contributed by atoms with Gasteiger partial charge in [0.05, 0.1) is 0 Å². The van der Waals surface area contributed by atoms with Crippen molar-refractivity contribution in [3.63, 3.8) is 0 Å². The van der Waals surface area contributed by atoms with E-state index in [4.69, 9.17) is 5.39 Å². The summed E-state index contributed by atoms with van der Waals surface area (Å²) in [5, 5.41) is 8.60. The first-order chi connectivity index (χ1) is 6.54. The minimum absolute atomic E-state index is 0.0829. The molecule has 0 aliphatic heterocycles. The van der Waals surface area contributed by atoms with Crippen molar-refractivity contribution in [2.75, 3.05) is 0 Å². The Bertz CT molecular complexity index is 455. The molecule has 0 aromatic heterocycles. The number of Topliss-reactive ketones (excluding diaryl/α,β-unsaturated/α-hetero) is 1. The molecule has 1 aliphatic carbocycles. The molecule has 0 fully saturated rings. The lowest BCUT2D eigenvalue weighted by molar-refractivity contribution is 0.0979. The van der Waals surface area contributed by atoms with Gasteiger partial charge in [-0.05, 0) is 17.0 Å². The van der Waals surface area contributed by atoms with Gasteiger partial charge in [-0.2, -0.15) is 0 Å². The topological polar surface area (TPSA) is 45.2 Å². The normalized spacial score (nSPS) is 17.6. The second-order valence-electron chi connectivity index (χ2n) is 4.31. The van der Waals surface area contributed by atoms with E-state index in [2.05, 4.69) is 4.98 Å². The second-order valence-corrected chi connectivity index (χ2v) is 4.31. The summed E-state index contributed by atoms with van der Waals surface area (Å²) in [6.45, 7) is 4.10. The molecule has 0 unspecified atom stereocenters. The molecule has 1 aromatic rings. The number of nitrogens with zero attached hydrogens (tertiary/aromatic N) is 2. The van der Waals surface area contributed by atoms with Crippen molar-refractivity contribution in [1.29, 1.82) is 5.39 Å². The van der Waals surface area contributed by atoms with Crippen molar-refractivity contribution in [1.82, 2.24) is 0 Å². The van der Waals surface area contributed by atoms with E-state index in [0.717, 1.165) is 5.56 Å². The van der Waals surface area contributed by atoms with E-state index in [-0.39, 0.29) is 11.2 Å². The summed E-state index contributed by atoms with van der Waals surface area (Å²) in [4.78, 5) is 14.7. The van der Waals surface area contributed by atoms with Crippen molar-refractivity contribution < 1.29 is 4.79 Å². The smallest absolute Gasteiger partial charge is 0.294 e. The van der Waals surface area contributed by atoms with Crippen LogP contribution in [0.15, 0.2) is 18.2 Å². The number of fused-ring (bicyclic) bond motifs is 1. The van der Waals surface area contributed by atoms with Gasteiger partial charge in [-0.3, -0.25) is 4.79 Å². The summed E-state index contributed by atoms with van der Waals surface area (Å²) in [5.74, 6) is 0.135. The van der Waals surface area contributed by atoms with E-state index in [1.54, 1.807) is 12.1 Å². The van der Waals surface area contributed by atoms with Crippen LogP contribution in [0.2, 0.25) is 0 Å². The number of diazo groups is 1. The molecule has 0 saturated heterocycles. The highest BCUT2D eigenvalue weighted by Crippen LogP contribution is 2.39. The van der Waals surface area contributed by atoms with Crippen molar-refractivity contribution in [3.05, 3.63) is 34.3 Å². The lowest BCUT2D eigenvalue weighted by Gasteiger charge is -2.16. The van der Waals surface area contributed by atoms with Crippen LogP contribution in [0.25, 0.3) is 4.98 Å². The van der Waals surface area contributed by atoms with Crippen LogP contribution in [-0.2, 0) is 5.41 Å². The van der Waals surface area contributed by atoms with E-state index < -0.39 is 0 Å². The van der Waals surface area contributed by atoms with Gasteiger partial charge in [-0.1, -0.05) is 13.8 Å². The highest BCUT2D eigenvalue weighted by atomic mass is 16.1. The number of ketones is 1. The molecular weight excluding hydrogens is 176 g/mol. The quantitative estimate of drug-likeness (QED) is 0.586. The highest BCUT2D eigenvalue weighted by Gasteiger charge is 2.36. The van der Waals surface area contributed by atoms with Crippen LogP contribution in [0, 0.1) is 5.39 Å². The van der Waals surface area contributed by atoms with Gasteiger partial charge >= 0.3 is 5.69 Å². The van der Waals surface area contributed by atoms with Gasteiger partial charge in [0, 0.05) is 24.1 Å². The first-order valence-corrected chi connectivity index (χ1v) is 4.57. The monoisotopic (exact) mass is 187 g/mol. The zero-order valence-corrected chi connectivity index (χ0v) is 8.24. The third-order valence-corrected chi connectivity index (χ3v) is 2.75. The van der Waals surface area contributed by atoms with Gasteiger partial charge in [0.1, 0.15) is 0 Å². The van der Waals surface area contributed by atoms with Crippen LogP contribution in [0.3, 0.4) is 0 Å². The molecule has 1 aliphatic rings. The average Bonchev–Trinajstić information content (AvgIpc) is 2.37. The summed E-state index contributed by atoms with van der Waals surface area (Å²) < 4.78 is 0. The predicted octanol–water partition coefficient (Wildman–Crippen LogP) is 3.04. The van der Waals surface area contributed by atoms with Crippen LogP contribution >= 0.6 is 0 Å². The highest BCUT2D eigenvalue weighted by molar-refractivity contribution is 6.02. The Morgan fingerprint density at radius 3 is 2.79 bits per heavy atom. The summed E-state index contributed by atoms with van der Waals surface area (Å²) in [6, 6.07) is 5.24. The predicted molar refractivity (Wildman–Crippen MR) is 53.2 cm³/mol. The molecule has 0 saturated carbocycles. The Kier molecular flexibility index (Phi) is 1.68. The van der Waals surface area contributed by atoms with Crippen molar-refractivity contribution in [2.24, 2.45) is 0 Å². The second kappa shape index (κ2) is 2.65. The van der Waals surface area contributed by atoms with E-state index in [1.165, 1.54) is 0 Å². The van der Waals surface area contributed by atoms with Crippen LogP contribution in [0.4, 0.5) is 5.69 Å². The van der Waals surface area contributed by atoms with E-state index >= 15 is 0 Å². The molecule has 0 spiro atoms. The first-order valence-electron chi connectivity index (χ1n) is 4.57. The van der Waals surface area contributed by atoms with Crippen LogP contribution in [0.5, 0.6) is 0 Å². The number of benzene rings is 1. The van der Waals surface area contributed by atoms with Gasteiger partial charge in [-0.15, -0.1) is 0 Å². The number of carbonyl (C=O) groups excluding carboxylic acids is 1. The zero-order valence-electron chi connectivity index (χ0n) is 8.24. The fraction of sp³-hybridized carbons (Fsp3) is 0.364. The third kappa shape index (κ3) is 1.12. The largest absolute Gasteiger partial charge is 0.385 e. The first kappa shape index (κ1) is 8.89. The summed E-state index contributed by atoms with van der Waals surface area (Å²) in [6.07, 6.45) is 0.539. The molecule has 70 valence electrons. The number of hydrogen-bond acceptors (Lipinski definition) is 2. The number of carbonyl (C=O) groups is 1. The maximum atomic E-state index is 11.6. The number of rotatable bonds is 0. The van der Waals surface area contributed by atoms with Crippen molar-refractivity contribution in [2.45, 2.75) is 25.7 Å². The molecule has 0 heterocycles. The minimum Gasteiger partial charge on any atom is -0.294 e. The molecule has 1 aromatic carbocycles. The molecule has 0 atom stereocenters. The lowest BCUT2D eigenvalue weighted by Crippen LogP contribution is -2.12. The van der Waals surface area contributed by atoms with Gasteiger partial charge < -0.3 is 0 Å². The Balaban J connectivity index is 2.65. The van der Waals surface area contributed by atoms with Gasteiger partial charge in [0.2, 0.25) is 5.39 Å². The molecule has 3 heteroatoms. The Labute approximate surface area is 82.4 Å². The molecule has 0 bridgehead atoms. The molecule has 0 N–H and O–H groups in total. The average molecular weight is 187 g/mol. The Morgan fingerprint density at radius 1 is 1.43 bits per heavy atom. The zero-order chi connectivity index (χ0) is 10.3. The van der Waals surface area contributed by atoms with E-state index in [0.29, 0.717) is 17.7 Å². The minimum atomic E-state index is -0.0829. The standard InChI is InChI=1S/C11H11N2O/c1-11(2)6-10(14)8-5-7(13-12)3-4-9(8)11/h3-5H,6H2,1-2H3/q+1. The third-order valence-electron chi connectivity index (χ3n) is 2.75. The maximum absolute atomic E-state index is 11.6. The van der Waals surface area contributed by atoms with Crippen LogP contribution < -0.4 is 0 Å². The summed E-state index contributed by atoms with van der Waals surface area (Å²) in [5.41, 5.74) is 2.11. The van der Waals surface area contributed by atoms with Crippen molar-refractivity contribution in [3.8, 4) is 0 Å². The molecule has 14 heavy (non-hydrogen) atoms. The van der Waals surface area contributed by atoms with Gasteiger partial charge in [-0.25, -0.2) is 0 Å². The number of hydrogen-bond donors (Lipinski definition) is 0. The molecular formula is C11H11N2O+. The molecule has 0 amide bonds. The summed E-state index contributed by atoms with van der Waals surface area (Å²) >= 11 is 0. The fourth-order valence-electron chi connectivity index (χ4n) is 2.01. The Morgan fingerprint density at radius 2 is 2.14 bits per heavy atom. The molecule has 0 radical (unpaired) electrons. The fourth-order valence-corrected chi connectivity index (χ4v) is 2.01. The Hall–Kier alpha value is -1.69. The van der Waals surface area contributed by atoms with E-state index in [9.17, 15) is 4.79 Å².